The van der Waals surface area contributed by atoms with Gasteiger partial charge in [0.2, 0.25) is 12.5 Å². The molecule has 0 aliphatic carbocycles. The maximum atomic E-state index is 13.1. The summed E-state index contributed by atoms with van der Waals surface area (Å²) in [6.45, 7) is 13.5. The maximum Gasteiger partial charge on any atom is 0.318 e. The summed E-state index contributed by atoms with van der Waals surface area (Å²) in [5.41, 5.74) is 3.34. The van der Waals surface area contributed by atoms with Crippen molar-refractivity contribution in [3.8, 4) is 6.01 Å². The van der Waals surface area contributed by atoms with Crippen molar-refractivity contribution in [2.75, 3.05) is 83.4 Å². The number of amides is 1. The van der Waals surface area contributed by atoms with Crippen LogP contribution in [0.3, 0.4) is 0 Å². The third-order valence-corrected chi connectivity index (χ3v) is 9.30. The summed E-state index contributed by atoms with van der Waals surface area (Å²) in [6.07, 6.45) is 6.63. The van der Waals surface area contributed by atoms with Crippen LogP contribution in [0.15, 0.2) is 54.6 Å². The number of carbonyl (C=O) groups is 1. The van der Waals surface area contributed by atoms with Crippen LogP contribution in [0, 0.1) is 6.57 Å². The first-order valence-electron chi connectivity index (χ1n) is 16.1. The van der Waals surface area contributed by atoms with Crippen molar-refractivity contribution < 1.29 is 9.53 Å². The van der Waals surface area contributed by atoms with Gasteiger partial charge in [0.05, 0.1) is 12.2 Å². The Balaban J connectivity index is 1.29. The molecule has 45 heavy (non-hydrogen) atoms. The highest BCUT2D eigenvalue weighted by molar-refractivity contribution is 5.94. The molecule has 0 saturated carbocycles. The molecular formula is C35H44N8O2. The van der Waals surface area contributed by atoms with Crippen molar-refractivity contribution >= 4 is 28.2 Å². The van der Waals surface area contributed by atoms with Crippen molar-refractivity contribution in [3.63, 3.8) is 0 Å². The number of anilines is 2. The van der Waals surface area contributed by atoms with Crippen LogP contribution in [0.1, 0.15) is 24.1 Å². The van der Waals surface area contributed by atoms with E-state index in [0.717, 1.165) is 43.0 Å². The van der Waals surface area contributed by atoms with Crippen LogP contribution in [0.4, 0.5) is 11.5 Å². The second kappa shape index (κ2) is 13.8. The van der Waals surface area contributed by atoms with E-state index >= 15 is 0 Å². The molecular weight excluding hydrogens is 564 g/mol. The molecule has 3 aromatic rings. The van der Waals surface area contributed by atoms with Gasteiger partial charge in [-0.15, -0.1) is 0 Å². The Morgan fingerprint density at radius 2 is 1.91 bits per heavy atom. The van der Waals surface area contributed by atoms with Gasteiger partial charge in [-0.2, -0.15) is 9.97 Å². The van der Waals surface area contributed by atoms with Gasteiger partial charge in [-0.25, -0.2) is 6.57 Å². The van der Waals surface area contributed by atoms with Crippen LogP contribution in [-0.2, 0) is 17.8 Å². The number of hydrogen-bond donors (Lipinski definition) is 0. The fourth-order valence-electron chi connectivity index (χ4n) is 6.82. The molecule has 0 unspecified atom stereocenters. The van der Waals surface area contributed by atoms with Crippen molar-refractivity contribution in [2.45, 2.75) is 37.9 Å². The minimum absolute atomic E-state index is 0.0368. The molecule has 236 valence electrons. The molecule has 3 aliphatic heterocycles. The quantitative estimate of drug-likeness (QED) is 0.269. The lowest BCUT2D eigenvalue weighted by Gasteiger charge is -2.41. The zero-order valence-corrected chi connectivity index (χ0v) is 26.7. The van der Waals surface area contributed by atoms with E-state index in [2.05, 4.69) is 69.1 Å². The number of hydrogen-bond acceptors (Lipinski definition) is 8. The van der Waals surface area contributed by atoms with Crippen molar-refractivity contribution in [3.05, 3.63) is 77.3 Å². The number of carbonyl (C=O) groups excluding carboxylic acids is 1. The van der Waals surface area contributed by atoms with Gasteiger partial charge in [0.1, 0.15) is 18.5 Å². The summed E-state index contributed by atoms with van der Waals surface area (Å²) in [7, 11) is 6.10. The molecule has 10 heteroatoms. The Bertz CT molecular complexity index is 1580. The summed E-state index contributed by atoms with van der Waals surface area (Å²) in [4.78, 5) is 37.8. The van der Waals surface area contributed by atoms with E-state index in [9.17, 15) is 4.79 Å². The lowest BCUT2D eigenvalue weighted by atomic mass is 10.0. The van der Waals surface area contributed by atoms with Crippen molar-refractivity contribution in [1.29, 1.82) is 0 Å². The molecule has 3 aliphatic rings. The molecule has 1 aromatic heterocycles. The van der Waals surface area contributed by atoms with Crippen LogP contribution in [0.5, 0.6) is 6.01 Å². The molecule has 2 aromatic carbocycles. The minimum Gasteiger partial charge on any atom is -0.462 e. The molecule has 2 fully saturated rings. The summed E-state index contributed by atoms with van der Waals surface area (Å²) in [5, 5.41) is 2.46. The Morgan fingerprint density at radius 3 is 2.71 bits per heavy atom. The third-order valence-electron chi connectivity index (χ3n) is 9.30. The van der Waals surface area contributed by atoms with E-state index in [4.69, 9.17) is 21.3 Å². The molecule has 1 amide bonds. The number of rotatable bonds is 9. The zero-order valence-electron chi connectivity index (χ0n) is 26.7. The number of likely N-dealkylation sites (tertiary alicyclic amines) is 1. The third kappa shape index (κ3) is 6.90. The van der Waals surface area contributed by atoms with Crippen LogP contribution < -0.4 is 14.5 Å². The van der Waals surface area contributed by atoms with Gasteiger partial charge in [0.25, 0.3) is 0 Å². The minimum atomic E-state index is -0.217. The highest BCUT2D eigenvalue weighted by Crippen LogP contribution is 2.35. The number of aromatic nitrogens is 2. The summed E-state index contributed by atoms with van der Waals surface area (Å²) in [6, 6.07) is 15.6. The Morgan fingerprint density at radius 1 is 1.07 bits per heavy atom. The number of benzene rings is 2. The van der Waals surface area contributed by atoms with Crippen molar-refractivity contribution in [1.82, 2.24) is 24.7 Å². The zero-order chi connectivity index (χ0) is 31.3. The fraction of sp³-hybridized carbons (Fsp3) is 0.486. The Hall–Kier alpha value is -4.20. The second-order valence-electron chi connectivity index (χ2n) is 12.6. The van der Waals surface area contributed by atoms with E-state index in [-0.39, 0.29) is 18.5 Å². The molecule has 0 spiro atoms. The monoisotopic (exact) mass is 608 g/mol. The average Bonchev–Trinajstić information content (AvgIpc) is 3.47. The predicted molar refractivity (Wildman–Crippen MR) is 179 cm³/mol. The van der Waals surface area contributed by atoms with E-state index in [1.54, 1.807) is 6.08 Å². The van der Waals surface area contributed by atoms with Gasteiger partial charge in [0.15, 0.2) is 0 Å². The number of likely N-dealkylation sites (N-methyl/N-ethyl adjacent to an activating group) is 2. The molecule has 4 heterocycles. The summed E-state index contributed by atoms with van der Waals surface area (Å²) >= 11 is 0. The standard InChI is InChI=1S/C35H44N8O2/c1-36-22-28-23-42(20-21-43(28)33(44)15-9-17-39(2)3)34-30-16-19-41(32-14-7-11-26-10-5-6-13-29(26)32)24-31(30)37-35(38-34)45-25-27-12-8-18-40(27)4/h5-7,9-11,13-15,27-28H,8,12,16-25H2,2-4H3/b15-9+/t27-,28-/m0/s1. The van der Waals surface area contributed by atoms with Gasteiger partial charge in [0, 0.05) is 61.5 Å². The Kier molecular flexibility index (Phi) is 9.47. The molecule has 10 nitrogen and oxygen atoms in total. The molecule has 6 rings (SSSR count). The highest BCUT2D eigenvalue weighted by Gasteiger charge is 2.35. The first kappa shape index (κ1) is 30.8. The predicted octanol–water partition coefficient (Wildman–Crippen LogP) is 3.72. The van der Waals surface area contributed by atoms with Crippen molar-refractivity contribution in [2.24, 2.45) is 0 Å². The lowest BCUT2D eigenvalue weighted by molar-refractivity contribution is -0.128. The number of piperazine rings is 1. The van der Waals surface area contributed by atoms with E-state index in [1.807, 2.05) is 30.0 Å². The normalized spacial score (nSPS) is 20.6. The molecule has 2 saturated heterocycles. The smallest absolute Gasteiger partial charge is 0.318 e. The maximum absolute atomic E-state index is 13.1. The fourth-order valence-corrected chi connectivity index (χ4v) is 6.82. The lowest BCUT2D eigenvalue weighted by Crippen LogP contribution is -2.56. The van der Waals surface area contributed by atoms with Crippen LogP contribution >= 0.6 is 0 Å². The molecule has 0 radical (unpaired) electrons. The second-order valence-corrected chi connectivity index (χ2v) is 12.6. The number of fused-ring (bicyclic) bond motifs is 2. The van der Waals surface area contributed by atoms with E-state index < -0.39 is 0 Å². The van der Waals surface area contributed by atoms with Gasteiger partial charge in [-0.1, -0.05) is 42.5 Å². The van der Waals surface area contributed by atoms with Gasteiger partial charge in [-0.05, 0) is 58.4 Å². The number of ether oxygens (including phenoxy) is 1. The summed E-state index contributed by atoms with van der Waals surface area (Å²) < 4.78 is 6.33. The van der Waals surface area contributed by atoms with Gasteiger partial charge in [-0.3, -0.25) is 4.79 Å². The van der Waals surface area contributed by atoms with E-state index in [1.165, 1.54) is 22.9 Å². The average molecular weight is 609 g/mol. The number of nitrogens with zero attached hydrogens (tertiary/aromatic N) is 8. The summed E-state index contributed by atoms with van der Waals surface area (Å²) in [5.74, 6) is 0.850. The molecule has 0 bridgehead atoms. The van der Waals surface area contributed by atoms with Gasteiger partial charge >= 0.3 is 6.01 Å². The van der Waals surface area contributed by atoms with E-state index in [0.29, 0.717) is 51.4 Å². The highest BCUT2D eigenvalue weighted by atomic mass is 16.5. The molecule has 2 atom stereocenters. The van der Waals surface area contributed by atoms with Crippen LogP contribution in [0.2, 0.25) is 0 Å². The first-order valence-corrected chi connectivity index (χ1v) is 16.1. The molecule has 0 N–H and O–H groups in total. The first-order chi connectivity index (χ1) is 21.9. The topological polar surface area (TPSA) is 72.6 Å². The Labute approximate surface area is 266 Å². The van der Waals surface area contributed by atoms with Crippen LogP contribution in [-0.4, -0.2) is 116 Å². The SMILES string of the molecule is [C-]#[N+]C[C@H]1CN(c2nc(OC[C@@H]3CCCN3C)nc3c2CCN(c2cccc4ccccc24)C3)CCN1C(=O)/C=C/CN(C)C. The van der Waals surface area contributed by atoms with Gasteiger partial charge < -0.3 is 34.1 Å². The largest absolute Gasteiger partial charge is 0.462 e. The van der Waals surface area contributed by atoms with Crippen LogP contribution in [0.25, 0.3) is 15.6 Å².